The van der Waals surface area contributed by atoms with Gasteiger partial charge in [0.15, 0.2) is 0 Å². The number of piperidine rings is 1. The Labute approximate surface area is 193 Å². The van der Waals surface area contributed by atoms with E-state index in [1.54, 1.807) is 11.0 Å². The third-order valence-corrected chi connectivity index (χ3v) is 5.32. The van der Waals surface area contributed by atoms with Gasteiger partial charge in [-0.1, -0.05) is 0 Å². The van der Waals surface area contributed by atoms with E-state index in [-0.39, 0.29) is 23.4 Å². The van der Waals surface area contributed by atoms with Gasteiger partial charge in [-0.2, -0.15) is 22.8 Å². The number of hydrogen-bond acceptors (Lipinski definition) is 7. The Kier molecular flexibility index (Phi) is 6.00. The number of aromatic hydroxyl groups is 1. The molecule has 0 radical (unpaired) electrons. The van der Waals surface area contributed by atoms with Crippen LogP contribution in [-0.2, 0) is 10.9 Å². The van der Waals surface area contributed by atoms with Gasteiger partial charge in [-0.05, 0) is 57.9 Å². The molecule has 182 valence electrons. The average molecular weight is 478 g/mol. The molecule has 3 heterocycles. The van der Waals surface area contributed by atoms with Crippen molar-refractivity contribution in [3.63, 3.8) is 0 Å². The lowest BCUT2D eigenvalue weighted by atomic mass is 10.1. The molecule has 1 aliphatic rings. The van der Waals surface area contributed by atoms with Gasteiger partial charge in [0.05, 0.1) is 17.3 Å². The molecule has 2 N–H and O–H groups in total. The molecule has 0 saturated carbocycles. The van der Waals surface area contributed by atoms with E-state index in [0.29, 0.717) is 30.6 Å². The number of amides is 1. The van der Waals surface area contributed by atoms with Crippen molar-refractivity contribution in [3.8, 4) is 17.0 Å². The van der Waals surface area contributed by atoms with Crippen molar-refractivity contribution in [1.82, 2.24) is 24.7 Å². The zero-order chi connectivity index (χ0) is 24.7. The number of nitrogens with zero attached hydrogens (tertiary/aromatic N) is 5. The summed E-state index contributed by atoms with van der Waals surface area (Å²) in [6, 6.07) is 4.18. The van der Waals surface area contributed by atoms with Crippen LogP contribution in [-0.4, -0.2) is 60.6 Å². The fraction of sp³-hybridized carbons (Fsp3) is 0.455. The number of ether oxygens (including phenoxy) is 1. The van der Waals surface area contributed by atoms with Gasteiger partial charge in [0.25, 0.3) is 0 Å². The number of hydrogen-bond donors (Lipinski definition) is 2. The van der Waals surface area contributed by atoms with Crippen molar-refractivity contribution in [2.24, 2.45) is 0 Å². The minimum atomic E-state index is -4.57. The first-order valence-corrected chi connectivity index (χ1v) is 10.8. The molecule has 1 unspecified atom stereocenters. The number of carbonyl (C=O) groups excluding carboxylic acids is 1. The van der Waals surface area contributed by atoms with Crippen molar-refractivity contribution in [3.05, 3.63) is 36.0 Å². The Morgan fingerprint density at radius 2 is 1.97 bits per heavy atom. The van der Waals surface area contributed by atoms with E-state index in [4.69, 9.17) is 4.74 Å². The molecule has 3 aromatic rings. The maximum Gasteiger partial charge on any atom is 0.416 e. The SMILES string of the molecule is CC(C)(C)OC(=O)N1CCCC(Nc2nnc(-c3ccc(C(F)(F)F)cc3O)c3ccnn23)C1. The molecule has 0 aliphatic carbocycles. The number of rotatable bonds is 3. The highest BCUT2D eigenvalue weighted by Gasteiger charge is 2.32. The van der Waals surface area contributed by atoms with Crippen LogP contribution >= 0.6 is 0 Å². The van der Waals surface area contributed by atoms with Gasteiger partial charge >= 0.3 is 12.3 Å². The number of likely N-dealkylation sites (tertiary alicyclic amines) is 1. The van der Waals surface area contributed by atoms with Gasteiger partial charge in [-0.15, -0.1) is 10.2 Å². The largest absolute Gasteiger partial charge is 0.507 e. The fourth-order valence-corrected chi connectivity index (χ4v) is 3.80. The number of halogens is 3. The minimum Gasteiger partial charge on any atom is -0.507 e. The molecule has 1 aliphatic heterocycles. The van der Waals surface area contributed by atoms with Crippen molar-refractivity contribution in [2.45, 2.75) is 51.4 Å². The molecule has 1 atom stereocenters. The monoisotopic (exact) mass is 478 g/mol. The van der Waals surface area contributed by atoms with E-state index >= 15 is 0 Å². The topological polar surface area (TPSA) is 105 Å². The van der Waals surface area contributed by atoms with Crippen molar-refractivity contribution in [1.29, 1.82) is 0 Å². The Morgan fingerprint density at radius 3 is 2.65 bits per heavy atom. The smallest absolute Gasteiger partial charge is 0.416 e. The third-order valence-electron chi connectivity index (χ3n) is 5.32. The lowest BCUT2D eigenvalue weighted by Gasteiger charge is -2.34. The quantitative estimate of drug-likeness (QED) is 0.577. The molecular formula is C22H25F3N6O3. The molecule has 1 fully saturated rings. The highest BCUT2D eigenvalue weighted by molar-refractivity contribution is 5.80. The van der Waals surface area contributed by atoms with Gasteiger partial charge in [0.2, 0.25) is 5.95 Å². The first kappa shape index (κ1) is 23.6. The number of alkyl halides is 3. The molecule has 0 spiro atoms. The minimum absolute atomic E-state index is 0.103. The predicted octanol–water partition coefficient (Wildman–Crippen LogP) is 4.33. The highest BCUT2D eigenvalue weighted by atomic mass is 19.4. The standard InChI is InChI=1S/C22H25F3N6O3/c1-21(2,3)34-20(33)30-10-4-5-14(12-30)27-19-29-28-18(16-8-9-26-31(16)19)15-7-6-13(11-17(15)32)22(23,24)25/h6-9,11,14,32H,4-5,10,12H2,1-3H3,(H,27,29). The first-order valence-electron chi connectivity index (χ1n) is 10.8. The lowest BCUT2D eigenvalue weighted by Crippen LogP contribution is -2.47. The van der Waals surface area contributed by atoms with Crippen LogP contribution in [0.4, 0.5) is 23.9 Å². The number of phenolic OH excluding ortho intramolecular Hbond substituents is 1. The molecule has 0 bridgehead atoms. The molecule has 1 aromatic carbocycles. The summed E-state index contributed by atoms with van der Waals surface area (Å²) in [5.74, 6) is -0.251. The van der Waals surface area contributed by atoms with E-state index in [2.05, 4.69) is 20.6 Å². The number of nitrogens with one attached hydrogen (secondary N) is 1. The van der Waals surface area contributed by atoms with Crippen LogP contribution < -0.4 is 5.32 Å². The summed E-state index contributed by atoms with van der Waals surface area (Å²) in [5.41, 5.74) is -0.813. The fourth-order valence-electron chi connectivity index (χ4n) is 3.80. The molecule has 12 heteroatoms. The van der Waals surface area contributed by atoms with Crippen LogP contribution in [0.1, 0.15) is 39.2 Å². The van der Waals surface area contributed by atoms with Crippen LogP contribution in [0.2, 0.25) is 0 Å². The van der Waals surface area contributed by atoms with E-state index in [1.165, 1.54) is 10.7 Å². The highest BCUT2D eigenvalue weighted by Crippen LogP contribution is 2.37. The van der Waals surface area contributed by atoms with Gasteiger partial charge < -0.3 is 20.1 Å². The number of benzene rings is 1. The second-order valence-corrected chi connectivity index (χ2v) is 9.14. The molecule has 2 aromatic heterocycles. The molecule has 1 amide bonds. The normalized spacial score (nSPS) is 17.1. The number of aromatic nitrogens is 4. The summed E-state index contributed by atoms with van der Waals surface area (Å²) >= 11 is 0. The van der Waals surface area contributed by atoms with Crippen molar-refractivity contribution >= 4 is 17.6 Å². The van der Waals surface area contributed by atoms with E-state index < -0.39 is 23.1 Å². The van der Waals surface area contributed by atoms with Gasteiger partial charge in [-0.3, -0.25) is 0 Å². The average Bonchev–Trinajstić information content (AvgIpc) is 3.23. The summed E-state index contributed by atoms with van der Waals surface area (Å²) in [7, 11) is 0. The van der Waals surface area contributed by atoms with Gasteiger partial charge in [0.1, 0.15) is 17.0 Å². The Morgan fingerprint density at radius 1 is 1.21 bits per heavy atom. The Bertz CT molecular complexity index is 1200. The molecular weight excluding hydrogens is 453 g/mol. The molecule has 4 rings (SSSR count). The van der Waals surface area contributed by atoms with E-state index in [1.807, 2.05) is 20.8 Å². The second-order valence-electron chi connectivity index (χ2n) is 9.14. The second kappa shape index (κ2) is 8.65. The zero-order valence-corrected chi connectivity index (χ0v) is 18.9. The summed E-state index contributed by atoms with van der Waals surface area (Å²) in [6.07, 6.45) is -1.91. The van der Waals surface area contributed by atoms with E-state index in [0.717, 1.165) is 25.0 Å². The molecule has 34 heavy (non-hydrogen) atoms. The summed E-state index contributed by atoms with van der Waals surface area (Å²) < 4.78 is 45.8. The Hall–Kier alpha value is -3.57. The maximum atomic E-state index is 12.9. The van der Waals surface area contributed by atoms with Crippen molar-refractivity contribution < 1.29 is 27.8 Å². The van der Waals surface area contributed by atoms with Crippen LogP contribution in [0.3, 0.4) is 0 Å². The predicted molar refractivity (Wildman–Crippen MR) is 117 cm³/mol. The van der Waals surface area contributed by atoms with Gasteiger partial charge in [-0.25, -0.2) is 4.79 Å². The van der Waals surface area contributed by atoms with Crippen LogP contribution in [0, 0.1) is 0 Å². The Balaban J connectivity index is 1.57. The number of anilines is 1. The lowest BCUT2D eigenvalue weighted by molar-refractivity contribution is -0.137. The summed E-state index contributed by atoms with van der Waals surface area (Å²) in [5, 5.41) is 26.0. The zero-order valence-electron chi connectivity index (χ0n) is 18.9. The van der Waals surface area contributed by atoms with Gasteiger partial charge in [0, 0.05) is 24.7 Å². The summed E-state index contributed by atoms with van der Waals surface area (Å²) in [4.78, 5) is 14.1. The third kappa shape index (κ3) is 5.00. The van der Waals surface area contributed by atoms with Crippen molar-refractivity contribution in [2.75, 3.05) is 18.4 Å². The number of carbonyl (C=O) groups is 1. The first-order chi connectivity index (χ1) is 15.9. The molecule has 1 saturated heterocycles. The van der Waals surface area contributed by atoms with Crippen LogP contribution in [0.5, 0.6) is 5.75 Å². The number of fused-ring (bicyclic) bond motifs is 1. The summed E-state index contributed by atoms with van der Waals surface area (Å²) in [6.45, 7) is 6.42. The van der Waals surface area contributed by atoms with Crippen LogP contribution in [0.25, 0.3) is 16.8 Å². The number of phenols is 1. The van der Waals surface area contributed by atoms with E-state index in [9.17, 15) is 23.1 Å². The molecule has 9 nitrogen and oxygen atoms in total. The van der Waals surface area contributed by atoms with Crippen LogP contribution in [0.15, 0.2) is 30.5 Å². The maximum absolute atomic E-state index is 12.9.